The van der Waals surface area contributed by atoms with Gasteiger partial charge < -0.3 is 15.1 Å². The number of aliphatic hydroxyl groups is 1. The number of rotatable bonds is 2. The summed E-state index contributed by atoms with van der Waals surface area (Å²) in [5.41, 5.74) is 0.192. The quantitative estimate of drug-likeness (QED) is 0.845. The third-order valence-corrected chi connectivity index (χ3v) is 3.27. The van der Waals surface area contributed by atoms with E-state index in [0.29, 0.717) is 11.6 Å². The highest BCUT2D eigenvalue weighted by molar-refractivity contribution is 6.31. The number of carbonyl (C=O) groups excluding carboxylic acids is 1. The first-order chi connectivity index (χ1) is 8.13. The van der Waals surface area contributed by atoms with Gasteiger partial charge in [0.15, 0.2) is 0 Å². The standard InChI is InChI=1S/C12H14ClNO3/c13-8-3-4-11(16)10(6-8)12(17)14-5-1-2-9(14)7-15/h3-4,6,9,15-16H,1-2,5,7H2/t9-/m0/s1. The fraction of sp³-hybridized carbons (Fsp3) is 0.417. The van der Waals surface area contributed by atoms with Gasteiger partial charge in [0.25, 0.3) is 5.91 Å². The number of likely N-dealkylation sites (tertiary alicyclic amines) is 1. The number of hydrogen-bond acceptors (Lipinski definition) is 3. The summed E-state index contributed by atoms with van der Waals surface area (Å²) in [5, 5.41) is 19.2. The van der Waals surface area contributed by atoms with Gasteiger partial charge in [-0.1, -0.05) is 11.6 Å². The van der Waals surface area contributed by atoms with Crippen molar-refractivity contribution in [1.29, 1.82) is 0 Å². The highest BCUT2D eigenvalue weighted by Gasteiger charge is 2.30. The van der Waals surface area contributed by atoms with E-state index in [4.69, 9.17) is 11.6 Å². The molecular formula is C12H14ClNO3. The Morgan fingerprint density at radius 3 is 3.00 bits per heavy atom. The molecule has 1 heterocycles. The van der Waals surface area contributed by atoms with Crippen LogP contribution in [0.2, 0.25) is 5.02 Å². The Morgan fingerprint density at radius 2 is 2.29 bits per heavy atom. The molecule has 2 N–H and O–H groups in total. The van der Waals surface area contributed by atoms with Crippen LogP contribution in [0.5, 0.6) is 5.75 Å². The summed E-state index contributed by atoms with van der Waals surface area (Å²) in [6.07, 6.45) is 1.67. The molecule has 1 atom stereocenters. The summed E-state index contributed by atoms with van der Waals surface area (Å²) in [4.78, 5) is 13.8. The molecule has 1 aliphatic rings. The van der Waals surface area contributed by atoms with Crippen molar-refractivity contribution in [3.8, 4) is 5.75 Å². The number of aliphatic hydroxyl groups excluding tert-OH is 1. The SMILES string of the molecule is O=C(c1cc(Cl)ccc1O)N1CCC[C@H]1CO. The van der Waals surface area contributed by atoms with E-state index in [1.54, 1.807) is 4.90 Å². The van der Waals surface area contributed by atoms with Crippen LogP contribution in [0.4, 0.5) is 0 Å². The van der Waals surface area contributed by atoms with Crippen LogP contribution in [0.3, 0.4) is 0 Å². The molecule has 1 fully saturated rings. The molecule has 0 aliphatic carbocycles. The van der Waals surface area contributed by atoms with Crippen molar-refractivity contribution in [1.82, 2.24) is 4.90 Å². The van der Waals surface area contributed by atoms with Crippen LogP contribution in [0.15, 0.2) is 18.2 Å². The van der Waals surface area contributed by atoms with Crippen molar-refractivity contribution < 1.29 is 15.0 Å². The number of benzene rings is 1. The number of phenolic OH excluding ortho intramolecular Hbond substituents is 1. The van der Waals surface area contributed by atoms with Gasteiger partial charge in [-0.15, -0.1) is 0 Å². The molecule has 1 aromatic carbocycles. The topological polar surface area (TPSA) is 60.8 Å². The van der Waals surface area contributed by atoms with Crippen molar-refractivity contribution in [3.05, 3.63) is 28.8 Å². The molecular weight excluding hydrogens is 242 g/mol. The van der Waals surface area contributed by atoms with E-state index in [2.05, 4.69) is 0 Å². The molecule has 1 aromatic rings. The average Bonchev–Trinajstić information content (AvgIpc) is 2.79. The lowest BCUT2D eigenvalue weighted by Gasteiger charge is -2.23. The number of nitrogens with zero attached hydrogens (tertiary/aromatic N) is 1. The maximum absolute atomic E-state index is 12.2. The first-order valence-corrected chi connectivity index (χ1v) is 5.91. The Morgan fingerprint density at radius 1 is 1.53 bits per heavy atom. The molecule has 1 aliphatic heterocycles. The number of aromatic hydroxyl groups is 1. The number of hydrogen-bond donors (Lipinski definition) is 2. The summed E-state index contributed by atoms with van der Waals surface area (Å²) in [6, 6.07) is 4.23. The van der Waals surface area contributed by atoms with Crippen LogP contribution < -0.4 is 0 Å². The second-order valence-electron chi connectivity index (χ2n) is 4.14. The molecule has 0 saturated carbocycles. The Balaban J connectivity index is 2.27. The van der Waals surface area contributed by atoms with E-state index in [1.165, 1.54) is 18.2 Å². The number of halogens is 1. The van der Waals surface area contributed by atoms with Crippen LogP contribution in [0.1, 0.15) is 23.2 Å². The fourth-order valence-electron chi connectivity index (χ4n) is 2.13. The third kappa shape index (κ3) is 2.37. The molecule has 0 spiro atoms. The van der Waals surface area contributed by atoms with Crippen molar-refractivity contribution in [3.63, 3.8) is 0 Å². The number of carbonyl (C=O) groups is 1. The average molecular weight is 256 g/mol. The minimum Gasteiger partial charge on any atom is -0.507 e. The number of phenols is 1. The maximum Gasteiger partial charge on any atom is 0.257 e. The summed E-state index contributed by atoms with van der Waals surface area (Å²) in [7, 11) is 0. The smallest absolute Gasteiger partial charge is 0.257 e. The molecule has 17 heavy (non-hydrogen) atoms. The molecule has 2 rings (SSSR count). The first-order valence-electron chi connectivity index (χ1n) is 5.54. The zero-order valence-electron chi connectivity index (χ0n) is 9.27. The van der Waals surface area contributed by atoms with Gasteiger partial charge in [0.1, 0.15) is 5.75 Å². The van der Waals surface area contributed by atoms with Crippen molar-refractivity contribution in [2.24, 2.45) is 0 Å². The van der Waals surface area contributed by atoms with E-state index < -0.39 is 0 Å². The molecule has 0 radical (unpaired) electrons. The lowest BCUT2D eigenvalue weighted by Crippen LogP contribution is -2.37. The minimum atomic E-state index is -0.276. The molecule has 1 saturated heterocycles. The van der Waals surface area contributed by atoms with E-state index in [1.807, 2.05) is 0 Å². The van der Waals surface area contributed by atoms with E-state index in [-0.39, 0.29) is 29.9 Å². The predicted molar refractivity (Wildman–Crippen MR) is 64.3 cm³/mol. The second kappa shape index (κ2) is 4.94. The third-order valence-electron chi connectivity index (χ3n) is 3.04. The van der Waals surface area contributed by atoms with Crippen LogP contribution in [-0.4, -0.2) is 40.2 Å². The summed E-state index contributed by atoms with van der Waals surface area (Å²) < 4.78 is 0. The van der Waals surface area contributed by atoms with Gasteiger partial charge in [0.05, 0.1) is 18.2 Å². The van der Waals surface area contributed by atoms with E-state index in [0.717, 1.165) is 12.8 Å². The number of amides is 1. The van der Waals surface area contributed by atoms with E-state index in [9.17, 15) is 15.0 Å². The van der Waals surface area contributed by atoms with Crippen LogP contribution >= 0.6 is 11.6 Å². The van der Waals surface area contributed by atoms with Gasteiger partial charge in [-0.3, -0.25) is 4.79 Å². The van der Waals surface area contributed by atoms with Crippen LogP contribution in [0, 0.1) is 0 Å². The van der Waals surface area contributed by atoms with Crippen molar-refractivity contribution in [2.75, 3.05) is 13.2 Å². The normalized spacial score (nSPS) is 19.6. The van der Waals surface area contributed by atoms with Gasteiger partial charge >= 0.3 is 0 Å². The Bertz CT molecular complexity index is 436. The highest BCUT2D eigenvalue weighted by Crippen LogP contribution is 2.26. The maximum atomic E-state index is 12.2. The molecule has 4 nitrogen and oxygen atoms in total. The summed E-state index contributed by atoms with van der Waals surface area (Å²) in [5.74, 6) is -0.357. The Hall–Kier alpha value is -1.26. The van der Waals surface area contributed by atoms with Gasteiger partial charge in [0, 0.05) is 11.6 Å². The Labute approximate surface area is 104 Å². The van der Waals surface area contributed by atoms with Crippen LogP contribution in [-0.2, 0) is 0 Å². The minimum absolute atomic E-state index is 0.0485. The van der Waals surface area contributed by atoms with Gasteiger partial charge in [-0.2, -0.15) is 0 Å². The summed E-state index contributed by atoms with van der Waals surface area (Å²) >= 11 is 5.81. The lowest BCUT2D eigenvalue weighted by atomic mass is 10.1. The van der Waals surface area contributed by atoms with Crippen molar-refractivity contribution in [2.45, 2.75) is 18.9 Å². The van der Waals surface area contributed by atoms with E-state index >= 15 is 0 Å². The van der Waals surface area contributed by atoms with Gasteiger partial charge in [0.2, 0.25) is 0 Å². The predicted octanol–water partition coefficient (Wildman–Crippen LogP) is 1.64. The molecule has 0 aromatic heterocycles. The zero-order valence-corrected chi connectivity index (χ0v) is 10.0. The first kappa shape index (κ1) is 12.2. The van der Waals surface area contributed by atoms with Crippen LogP contribution in [0.25, 0.3) is 0 Å². The lowest BCUT2D eigenvalue weighted by molar-refractivity contribution is 0.0674. The molecule has 1 amide bonds. The largest absolute Gasteiger partial charge is 0.507 e. The molecule has 5 heteroatoms. The Kier molecular flexibility index (Phi) is 3.54. The zero-order chi connectivity index (χ0) is 12.4. The molecule has 0 unspecified atom stereocenters. The van der Waals surface area contributed by atoms with Gasteiger partial charge in [-0.05, 0) is 31.0 Å². The molecule has 92 valence electrons. The summed E-state index contributed by atoms with van der Waals surface area (Å²) in [6.45, 7) is 0.559. The highest BCUT2D eigenvalue weighted by atomic mass is 35.5. The fourth-order valence-corrected chi connectivity index (χ4v) is 2.30. The van der Waals surface area contributed by atoms with Crippen molar-refractivity contribution >= 4 is 17.5 Å². The second-order valence-corrected chi connectivity index (χ2v) is 4.58. The monoisotopic (exact) mass is 255 g/mol. The van der Waals surface area contributed by atoms with Gasteiger partial charge in [-0.25, -0.2) is 0 Å². The molecule has 0 bridgehead atoms.